The number of ether oxygens (including phenoxy) is 2. The van der Waals surface area contributed by atoms with Crippen molar-refractivity contribution in [2.75, 3.05) is 20.8 Å². The molecule has 16 heavy (non-hydrogen) atoms. The van der Waals surface area contributed by atoms with Crippen molar-refractivity contribution in [2.45, 2.75) is 6.04 Å². The lowest BCUT2D eigenvalue weighted by molar-refractivity contribution is 0.262. The molecule has 0 heterocycles. The van der Waals surface area contributed by atoms with E-state index in [2.05, 4.69) is 0 Å². The van der Waals surface area contributed by atoms with E-state index in [1.165, 1.54) is 20.3 Å². The number of aliphatic hydroxyl groups is 1. The summed E-state index contributed by atoms with van der Waals surface area (Å²) in [6.07, 6.45) is 0. The summed E-state index contributed by atoms with van der Waals surface area (Å²) >= 11 is 5.81. The summed E-state index contributed by atoms with van der Waals surface area (Å²) in [4.78, 5) is 0. The van der Waals surface area contributed by atoms with Crippen LogP contribution in [-0.2, 0) is 0 Å². The van der Waals surface area contributed by atoms with Gasteiger partial charge in [-0.25, -0.2) is 0 Å². The average Bonchev–Trinajstić information content (AvgIpc) is 2.28. The quantitative estimate of drug-likeness (QED) is 0.849. The summed E-state index contributed by atoms with van der Waals surface area (Å²) in [7, 11) is 2.61. The van der Waals surface area contributed by atoms with Gasteiger partial charge in [0, 0.05) is 5.56 Å². The average molecular weight is 250 g/mol. The van der Waals surface area contributed by atoms with Crippen molar-refractivity contribution in [3.8, 4) is 11.5 Å². The Hall–Kier alpha value is -1.04. The van der Waals surface area contributed by atoms with Gasteiger partial charge in [0.05, 0.1) is 31.9 Å². The molecule has 1 aromatic rings. The Morgan fingerprint density at radius 3 is 2.44 bits per heavy atom. The van der Waals surface area contributed by atoms with Crippen LogP contribution in [0, 0.1) is 5.82 Å². The molecular weight excluding hydrogens is 237 g/mol. The zero-order valence-electron chi connectivity index (χ0n) is 8.96. The predicted octanol–water partition coefficient (Wildman–Crippen LogP) is 1.49. The van der Waals surface area contributed by atoms with Crippen molar-refractivity contribution >= 4 is 11.6 Å². The van der Waals surface area contributed by atoms with Crippen LogP contribution in [0.25, 0.3) is 0 Å². The zero-order chi connectivity index (χ0) is 12.3. The van der Waals surface area contributed by atoms with Crippen LogP contribution in [-0.4, -0.2) is 25.9 Å². The van der Waals surface area contributed by atoms with E-state index in [-0.39, 0.29) is 23.1 Å². The molecule has 4 nitrogen and oxygen atoms in total. The fourth-order valence-electron chi connectivity index (χ4n) is 1.37. The largest absolute Gasteiger partial charge is 0.493 e. The van der Waals surface area contributed by atoms with Gasteiger partial charge in [0.1, 0.15) is 0 Å². The van der Waals surface area contributed by atoms with Gasteiger partial charge in [-0.1, -0.05) is 11.6 Å². The van der Waals surface area contributed by atoms with Gasteiger partial charge in [-0.3, -0.25) is 0 Å². The summed E-state index contributed by atoms with van der Waals surface area (Å²) in [6, 6.07) is 0.663. The Bertz CT molecular complexity index is 387. The maximum Gasteiger partial charge on any atom is 0.208 e. The molecule has 0 bridgehead atoms. The maximum atomic E-state index is 13.8. The van der Waals surface area contributed by atoms with Gasteiger partial charge in [-0.2, -0.15) is 4.39 Å². The van der Waals surface area contributed by atoms with Crippen LogP contribution in [0.1, 0.15) is 11.6 Å². The third-order valence-corrected chi connectivity index (χ3v) is 2.45. The third-order valence-electron chi connectivity index (χ3n) is 2.16. The molecule has 1 unspecified atom stereocenters. The van der Waals surface area contributed by atoms with Gasteiger partial charge in [-0.15, -0.1) is 0 Å². The first-order valence-corrected chi connectivity index (χ1v) is 4.90. The van der Waals surface area contributed by atoms with E-state index < -0.39 is 11.9 Å². The summed E-state index contributed by atoms with van der Waals surface area (Å²) in [5.74, 6) is -0.897. The Morgan fingerprint density at radius 1 is 1.44 bits per heavy atom. The highest BCUT2D eigenvalue weighted by atomic mass is 35.5. The minimum atomic E-state index is -0.757. The number of nitrogens with two attached hydrogens (primary N) is 1. The lowest BCUT2D eigenvalue weighted by Gasteiger charge is -2.16. The molecule has 0 aliphatic rings. The molecule has 90 valence electrons. The van der Waals surface area contributed by atoms with Crippen LogP contribution in [0.5, 0.6) is 11.5 Å². The molecule has 0 amide bonds. The second kappa shape index (κ2) is 5.34. The summed E-state index contributed by atoms with van der Waals surface area (Å²) in [6.45, 7) is -0.335. The lowest BCUT2D eigenvalue weighted by Crippen LogP contribution is -2.16. The molecule has 1 aromatic carbocycles. The predicted molar refractivity (Wildman–Crippen MR) is 58.5 cm³/mol. The Morgan fingerprint density at radius 2 is 2.00 bits per heavy atom. The first-order chi connectivity index (χ1) is 7.56. The molecule has 0 spiro atoms. The monoisotopic (exact) mass is 249 g/mol. The number of rotatable bonds is 4. The highest BCUT2D eigenvalue weighted by Crippen LogP contribution is 2.38. The van der Waals surface area contributed by atoms with Gasteiger partial charge < -0.3 is 20.3 Å². The van der Waals surface area contributed by atoms with Crippen molar-refractivity contribution in [3.63, 3.8) is 0 Å². The highest BCUT2D eigenvalue weighted by Gasteiger charge is 2.22. The first kappa shape index (κ1) is 13.0. The molecule has 1 rings (SSSR count). The maximum absolute atomic E-state index is 13.8. The number of methoxy groups -OCH3 is 2. The SMILES string of the molecule is COc1c(Cl)cc(C(N)CO)c(OC)c1F. The molecule has 0 saturated heterocycles. The molecule has 6 heteroatoms. The van der Waals surface area contributed by atoms with Crippen LogP contribution in [0.4, 0.5) is 4.39 Å². The molecule has 1 atom stereocenters. The van der Waals surface area contributed by atoms with E-state index in [1.807, 2.05) is 0 Å². The fourth-order valence-corrected chi connectivity index (χ4v) is 1.65. The van der Waals surface area contributed by atoms with Gasteiger partial charge in [0.25, 0.3) is 0 Å². The van der Waals surface area contributed by atoms with Crippen LogP contribution in [0.3, 0.4) is 0 Å². The van der Waals surface area contributed by atoms with Gasteiger partial charge in [0.2, 0.25) is 5.82 Å². The van der Waals surface area contributed by atoms with Crippen LogP contribution >= 0.6 is 11.6 Å². The summed E-state index contributed by atoms with van der Waals surface area (Å²) < 4.78 is 23.5. The molecule has 0 aliphatic heterocycles. The normalized spacial score (nSPS) is 12.4. The van der Waals surface area contributed by atoms with E-state index in [0.717, 1.165) is 0 Å². The molecule has 0 saturated carbocycles. The van der Waals surface area contributed by atoms with Crippen molar-refractivity contribution in [1.29, 1.82) is 0 Å². The number of benzene rings is 1. The van der Waals surface area contributed by atoms with Gasteiger partial charge >= 0.3 is 0 Å². The first-order valence-electron chi connectivity index (χ1n) is 4.53. The number of halogens is 2. The standard InChI is InChI=1S/C10H13ClFNO3/c1-15-9-5(7(13)4-14)3-6(11)10(16-2)8(9)12/h3,7,14H,4,13H2,1-2H3. The molecular formula is C10H13ClFNO3. The van der Waals surface area contributed by atoms with Gasteiger partial charge in [-0.05, 0) is 6.07 Å². The molecule has 0 aliphatic carbocycles. The Labute approximate surface area is 97.7 Å². The number of hydrogen-bond donors (Lipinski definition) is 2. The van der Waals surface area contributed by atoms with E-state index in [1.54, 1.807) is 0 Å². The molecule has 0 aromatic heterocycles. The Balaban J connectivity index is 3.40. The zero-order valence-corrected chi connectivity index (χ0v) is 9.71. The van der Waals surface area contributed by atoms with E-state index >= 15 is 0 Å². The minimum Gasteiger partial charge on any atom is -0.493 e. The van der Waals surface area contributed by atoms with Crippen molar-refractivity contribution in [1.82, 2.24) is 0 Å². The van der Waals surface area contributed by atoms with E-state index in [0.29, 0.717) is 5.56 Å². The summed E-state index contributed by atoms with van der Waals surface area (Å²) in [5, 5.41) is 9.02. The van der Waals surface area contributed by atoms with Crippen molar-refractivity contribution in [2.24, 2.45) is 5.73 Å². The number of aliphatic hydroxyl groups excluding tert-OH is 1. The fraction of sp³-hybridized carbons (Fsp3) is 0.400. The van der Waals surface area contributed by atoms with Crippen LogP contribution in [0.2, 0.25) is 5.02 Å². The van der Waals surface area contributed by atoms with E-state index in [4.69, 9.17) is 31.9 Å². The molecule has 3 N–H and O–H groups in total. The lowest BCUT2D eigenvalue weighted by atomic mass is 10.1. The number of hydrogen-bond acceptors (Lipinski definition) is 4. The van der Waals surface area contributed by atoms with Crippen LogP contribution in [0.15, 0.2) is 6.07 Å². The van der Waals surface area contributed by atoms with Gasteiger partial charge in [0.15, 0.2) is 11.5 Å². The van der Waals surface area contributed by atoms with Crippen LogP contribution < -0.4 is 15.2 Å². The Kier molecular flexibility index (Phi) is 4.35. The molecule has 0 fully saturated rings. The smallest absolute Gasteiger partial charge is 0.208 e. The molecule has 0 radical (unpaired) electrons. The third kappa shape index (κ3) is 2.21. The minimum absolute atomic E-state index is 0.0669. The summed E-state index contributed by atoms with van der Waals surface area (Å²) in [5.41, 5.74) is 5.90. The second-order valence-electron chi connectivity index (χ2n) is 3.12. The topological polar surface area (TPSA) is 64.7 Å². The highest BCUT2D eigenvalue weighted by molar-refractivity contribution is 6.32. The van der Waals surface area contributed by atoms with E-state index in [9.17, 15) is 4.39 Å². The second-order valence-corrected chi connectivity index (χ2v) is 3.52. The van der Waals surface area contributed by atoms with Crippen molar-refractivity contribution < 1.29 is 19.0 Å². The van der Waals surface area contributed by atoms with Crippen molar-refractivity contribution in [3.05, 3.63) is 22.5 Å².